The smallest absolute Gasteiger partial charge is 0.338 e. The van der Waals surface area contributed by atoms with E-state index in [1.54, 1.807) is 12.1 Å². The van der Waals surface area contributed by atoms with E-state index < -0.39 is 5.54 Å². The number of rotatable bonds is 5. The molecule has 0 aromatic heterocycles. The molecule has 2 aromatic carbocycles. The summed E-state index contributed by atoms with van der Waals surface area (Å²) in [6.45, 7) is 0.441. The van der Waals surface area contributed by atoms with Gasteiger partial charge in [-0.25, -0.2) is 4.79 Å². The Morgan fingerprint density at radius 1 is 1.12 bits per heavy atom. The van der Waals surface area contributed by atoms with Crippen LogP contribution in [-0.4, -0.2) is 24.5 Å². The lowest BCUT2D eigenvalue weighted by Crippen LogP contribution is -2.42. The van der Waals surface area contributed by atoms with E-state index in [4.69, 9.17) is 10.5 Å². The third-order valence-corrected chi connectivity index (χ3v) is 4.29. The number of benzene rings is 2. The van der Waals surface area contributed by atoms with Crippen LogP contribution in [0.3, 0.4) is 0 Å². The molecule has 0 spiro atoms. The predicted molar refractivity (Wildman–Crippen MR) is 91.2 cm³/mol. The van der Waals surface area contributed by atoms with Crippen LogP contribution in [0.1, 0.15) is 28.8 Å². The molecule has 1 saturated carbocycles. The summed E-state index contributed by atoms with van der Waals surface area (Å²) >= 11 is 0. The van der Waals surface area contributed by atoms with Crippen LogP contribution in [0.25, 0.3) is 11.1 Å². The first-order valence-corrected chi connectivity index (χ1v) is 7.87. The Morgan fingerprint density at radius 3 is 2.42 bits per heavy atom. The Balaban J connectivity index is 1.73. The molecule has 0 aliphatic heterocycles. The van der Waals surface area contributed by atoms with Crippen molar-refractivity contribution in [1.29, 1.82) is 0 Å². The second kappa shape index (κ2) is 6.45. The maximum absolute atomic E-state index is 11.9. The summed E-state index contributed by atoms with van der Waals surface area (Å²) in [5.41, 5.74) is 8.45. The van der Waals surface area contributed by atoms with Gasteiger partial charge in [0, 0.05) is 6.54 Å². The van der Waals surface area contributed by atoms with Gasteiger partial charge in [0.2, 0.25) is 5.91 Å². The molecule has 3 rings (SSSR count). The zero-order valence-electron chi connectivity index (χ0n) is 13.5. The molecule has 0 saturated heterocycles. The molecule has 1 amide bonds. The lowest BCUT2D eigenvalue weighted by Gasteiger charge is -2.11. The van der Waals surface area contributed by atoms with Crippen molar-refractivity contribution in [1.82, 2.24) is 5.32 Å². The second-order valence-corrected chi connectivity index (χ2v) is 6.07. The minimum Gasteiger partial charge on any atom is -0.465 e. The van der Waals surface area contributed by atoms with Gasteiger partial charge >= 0.3 is 5.97 Å². The SMILES string of the molecule is COC(=O)c1ccccc1-c1ccc(CNC(=O)C2(N)CC2)cc1. The van der Waals surface area contributed by atoms with Gasteiger partial charge in [-0.3, -0.25) is 4.79 Å². The van der Waals surface area contributed by atoms with E-state index in [2.05, 4.69) is 5.32 Å². The number of esters is 1. The van der Waals surface area contributed by atoms with E-state index in [9.17, 15) is 9.59 Å². The molecular weight excluding hydrogens is 304 g/mol. The lowest BCUT2D eigenvalue weighted by molar-refractivity contribution is -0.123. The van der Waals surface area contributed by atoms with E-state index in [1.807, 2.05) is 36.4 Å². The first kappa shape index (κ1) is 16.2. The standard InChI is InChI=1S/C19H20N2O3/c1-24-17(22)16-5-3-2-4-15(16)14-8-6-13(7-9-14)12-21-18(23)19(20)10-11-19/h2-9H,10-12,20H2,1H3,(H,21,23). The van der Waals surface area contributed by atoms with E-state index in [0.717, 1.165) is 29.5 Å². The summed E-state index contributed by atoms with van der Waals surface area (Å²) in [6.07, 6.45) is 1.50. The number of hydrogen-bond donors (Lipinski definition) is 2. The van der Waals surface area contributed by atoms with Crippen molar-refractivity contribution < 1.29 is 14.3 Å². The van der Waals surface area contributed by atoms with E-state index in [-0.39, 0.29) is 11.9 Å². The Kier molecular flexibility index (Phi) is 4.36. The molecule has 0 heterocycles. The average Bonchev–Trinajstić information content (AvgIpc) is 3.38. The van der Waals surface area contributed by atoms with Crippen LogP contribution < -0.4 is 11.1 Å². The fraction of sp³-hybridized carbons (Fsp3) is 0.263. The number of nitrogens with one attached hydrogen (secondary N) is 1. The molecule has 5 nitrogen and oxygen atoms in total. The highest BCUT2D eigenvalue weighted by atomic mass is 16.5. The number of methoxy groups -OCH3 is 1. The number of carbonyl (C=O) groups is 2. The zero-order valence-corrected chi connectivity index (χ0v) is 13.5. The molecule has 0 atom stereocenters. The van der Waals surface area contributed by atoms with Gasteiger partial charge in [-0.2, -0.15) is 0 Å². The van der Waals surface area contributed by atoms with Crippen LogP contribution >= 0.6 is 0 Å². The van der Waals surface area contributed by atoms with Crippen LogP contribution in [0.2, 0.25) is 0 Å². The van der Waals surface area contributed by atoms with Crippen LogP contribution in [0.15, 0.2) is 48.5 Å². The van der Waals surface area contributed by atoms with Gasteiger partial charge in [-0.1, -0.05) is 42.5 Å². The predicted octanol–water partition coefficient (Wildman–Crippen LogP) is 2.25. The largest absolute Gasteiger partial charge is 0.465 e. The topological polar surface area (TPSA) is 81.4 Å². The van der Waals surface area contributed by atoms with Crippen molar-refractivity contribution in [3.63, 3.8) is 0 Å². The van der Waals surface area contributed by atoms with Crippen LogP contribution in [0.5, 0.6) is 0 Å². The highest BCUT2D eigenvalue weighted by molar-refractivity contribution is 5.97. The Labute approximate surface area is 140 Å². The average molecular weight is 324 g/mol. The van der Waals surface area contributed by atoms with Gasteiger partial charge in [-0.15, -0.1) is 0 Å². The van der Waals surface area contributed by atoms with Crippen molar-refractivity contribution in [2.75, 3.05) is 7.11 Å². The molecule has 1 fully saturated rings. The number of nitrogens with two attached hydrogens (primary N) is 1. The van der Waals surface area contributed by atoms with Gasteiger partial charge in [-0.05, 0) is 35.6 Å². The van der Waals surface area contributed by atoms with Crippen LogP contribution in [-0.2, 0) is 16.1 Å². The molecule has 0 radical (unpaired) electrons. The third kappa shape index (κ3) is 3.31. The molecule has 1 aliphatic rings. The Bertz CT molecular complexity index is 764. The van der Waals surface area contributed by atoms with Gasteiger partial charge in [0.25, 0.3) is 0 Å². The summed E-state index contributed by atoms with van der Waals surface area (Å²) in [7, 11) is 1.37. The van der Waals surface area contributed by atoms with Gasteiger partial charge in [0.05, 0.1) is 18.2 Å². The molecule has 5 heteroatoms. The minimum atomic E-state index is -0.653. The van der Waals surface area contributed by atoms with Crippen molar-refractivity contribution in [3.05, 3.63) is 59.7 Å². The minimum absolute atomic E-state index is 0.0948. The molecule has 1 aliphatic carbocycles. The molecule has 2 aromatic rings. The van der Waals surface area contributed by atoms with Gasteiger partial charge in [0.1, 0.15) is 0 Å². The van der Waals surface area contributed by atoms with Crippen molar-refractivity contribution in [3.8, 4) is 11.1 Å². The van der Waals surface area contributed by atoms with Crippen molar-refractivity contribution in [2.45, 2.75) is 24.9 Å². The lowest BCUT2D eigenvalue weighted by atomic mass is 9.98. The summed E-state index contributed by atoms with van der Waals surface area (Å²) in [5.74, 6) is -0.456. The Hall–Kier alpha value is -2.66. The number of ether oxygens (including phenoxy) is 1. The monoisotopic (exact) mass is 324 g/mol. The summed E-state index contributed by atoms with van der Waals surface area (Å²) < 4.78 is 4.83. The number of carbonyl (C=O) groups excluding carboxylic acids is 2. The molecule has 0 bridgehead atoms. The van der Waals surface area contributed by atoms with Crippen LogP contribution in [0.4, 0.5) is 0 Å². The van der Waals surface area contributed by atoms with E-state index >= 15 is 0 Å². The maximum atomic E-state index is 11.9. The normalized spacial score (nSPS) is 14.8. The van der Waals surface area contributed by atoms with Gasteiger partial charge in [0.15, 0.2) is 0 Å². The van der Waals surface area contributed by atoms with Crippen molar-refractivity contribution >= 4 is 11.9 Å². The molecule has 3 N–H and O–H groups in total. The van der Waals surface area contributed by atoms with Gasteiger partial charge < -0.3 is 15.8 Å². The van der Waals surface area contributed by atoms with Crippen molar-refractivity contribution in [2.24, 2.45) is 5.73 Å². The fourth-order valence-corrected chi connectivity index (χ4v) is 2.55. The molecule has 0 unspecified atom stereocenters. The zero-order chi connectivity index (χ0) is 17.2. The first-order valence-electron chi connectivity index (χ1n) is 7.87. The summed E-state index contributed by atoms with van der Waals surface area (Å²) in [5, 5.41) is 2.86. The fourth-order valence-electron chi connectivity index (χ4n) is 2.55. The molecule has 24 heavy (non-hydrogen) atoms. The highest BCUT2D eigenvalue weighted by Crippen LogP contribution is 2.32. The van der Waals surface area contributed by atoms with Crippen LogP contribution in [0, 0.1) is 0 Å². The maximum Gasteiger partial charge on any atom is 0.338 e. The van der Waals surface area contributed by atoms with E-state index in [0.29, 0.717) is 12.1 Å². The molecular formula is C19H20N2O3. The number of amides is 1. The summed E-state index contributed by atoms with van der Waals surface area (Å²) in [6, 6.07) is 15.0. The Morgan fingerprint density at radius 2 is 1.79 bits per heavy atom. The number of hydrogen-bond acceptors (Lipinski definition) is 4. The summed E-state index contributed by atoms with van der Waals surface area (Å²) in [4.78, 5) is 23.7. The second-order valence-electron chi connectivity index (χ2n) is 6.07. The molecule has 124 valence electrons. The quantitative estimate of drug-likeness (QED) is 0.827. The first-order chi connectivity index (χ1) is 11.5. The highest BCUT2D eigenvalue weighted by Gasteiger charge is 2.45. The van der Waals surface area contributed by atoms with E-state index in [1.165, 1.54) is 7.11 Å². The third-order valence-electron chi connectivity index (χ3n) is 4.29.